The molecule has 2 aromatic carbocycles. The van der Waals surface area contributed by atoms with Crippen molar-refractivity contribution < 1.29 is 23.0 Å². The Hall–Kier alpha value is -2.34. The van der Waals surface area contributed by atoms with E-state index in [2.05, 4.69) is 10.1 Å². The number of nitrogens with one attached hydrogen (secondary N) is 1. The molecule has 7 heteroatoms. The molecule has 4 nitrogen and oxygen atoms in total. The lowest BCUT2D eigenvalue weighted by Crippen LogP contribution is -2.30. The maximum atomic E-state index is 12.2. The van der Waals surface area contributed by atoms with Gasteiger partial charge in [0, 0.05) is 5.69 Å². The second kappa shape index (κ2) is 7.97. The molecule has 0 heterocycles. The first-order valence-corrected chi connectivity index (χ1v) is 7.51. The zero-order chi connectivity index (χ0) is 17.7. The van der Waals surface area contributed by atoms with Crippen molar-refractivity contribution in [2.45, 2.75) is 26.6 Å². The highest BCUT2D eigenvalue weighted by molar-refractivity contribution is 6.32. The van der Waals surface area contributed by atoms with Gasteiger partial charge in [-0.15, -0.1) is 0 Å². The standard InChI is InChI=1S/C17H16ClF2NO3/c1-10-4-3-5-13(8-10)23-11(2)16(22)21-12-6-7-15(14(18)9-12)24-17(19)20/h3-9,11,17H,1-2H3,(H,21,22)/t11-/m0/s1. The molecule has 0 unspecified atom stereocenters. The van der Waals surface area contributed by atoms with E-state index >= 15 is 0 Å². The van der Waals surface area contributed by atoms with Crippen molar-refractivity contribution in [3.63, 3.8) is 0 Å². The second-order valence-corrected chi connectivity index (χ2v) is 5.50. The molecule has 0 radical (unpaired) electrons. The van der Waals surface area contributed by atoms with Crippen molar-refractivity contribution in [3.8, 4) is 11.5 Å². The van der Waals surface area contributed by atoms with Crippen molar-refractivity contribution in [2.75, 3.05) is 5.32 Å². The minimum atomic E-state index is -2.97. The molecule has 1 amide bonds. The molecule has 128 valence electrons. The summed E-state index contributed by atoms with van der Waals surface area (Å²) in [6, 6.07) is 11.3. The van der Waals surface area contributed by atoms with Crippen LogP contribution >= 0.6 is 11.6 Å². The second-order valence-electron chi connectivity index (χ2n) is 5.09. The van der Waals surface area contributed by atoms with E-state index in [9.17, 15) is 13.6 Å². The predicted octanol–water partition coefficient (Wildman–Crippen LogP) is 4.66. The van der Waals surface area contributed by atoms with Crippen LogP contribution in [0.4, 0.5) is 14.5 Å². The SMILES string of the molecule is Cc1cccc(O[C@@H](C)C(=O)Nc2ccc(OC(F)F)c(Cl)c2)c1. The van der Waals surface area contributed by atoms with Crippen LogP contribution < -0.4 is 14.8 Å². The fourth-order valence-corrected chi connectivity index (χ4v) is 2.19. The summed E-state index contributed by atoms with van der Waals surface area (Å²) in [5, 5.41) is 2.58. The number of amides is 1. The van der Waals surface area contributed by atoms with Gasteiger partial charge in [-0.25, -0.2) is 0 Å². The number of benzene rings is 2. The highest BCUT2D eigenvalue weighted by atomic mass is 35.5. The van der Waals surface area contributed by atoms with E-state index < -0.39 is 18.6 Å². The zero-order valence-corrected chi connectivity index (χ0v) is 13.8. The number of aryl methyl sites for hydroxylation is 1. The van der Waals surface area contributed by atoms with Gasteiger partial charge in [0.25, 0.3) is 5.91 Å². The molecule has 0 aliphatic rings. The molecule has 0 saturated heterocycles. The molecule has 0 fully saturated rings. The van der Waals surface area contributed by atoms with Gasteiger partial charge in [-0.2, -0.15) is 8.78 Å². The molecule has 2 rings (SSSR count). The first kappa shape index (κ1) is 18.0. The summed E-state index contributed by atoms with van der Waals surface area (Å²) >= 11 is 5.84. The summed E-state index contributed by atoms with van der Waals surface area (Å²) in [6.45, 7) is 0.557. The predicted molar refractivity (Wildman–Crippen MR) is 88.0 cm³/mol. The van der Waals surface area contributed by atoms with Crippen LogP contribution in [0.1, 0.15) is 12.5 Å². The Bertz CT molecular complexity index is 725. The van der Waals surface area contributed by atoms with Crippen molar-refractivity contribution >= 4 is 23.2 Å². The van der Waals surface area contributed by atoms with Crippen LogP contribution in [0.25, 0.3) is 0 Å². The molecule has 1 atom stereocenters. The van der Waals surface area contributed by atoms with Gasteiger partial charge in [-0.1, -0.05) is 23.7 Å². The van der Waals surface area contributed by atoms with Gasteiger partial charge in [-0.3, -0.25) is 4.79 Å². The van der Waals surface area contributed by atoms with Crippen LogP contribution in [0.3, 0.4) is 0 Å². The van der Waals surface area contributed by atoms with Crippen LogP contribution in [0, 0.1) is 6.92 Å². The smallest absolute Gasteiger partial charge is 0.387 e. The Morgan fingerprint density at radius 3 is 2.54 bits per heavy atom. The Morgan fingerprint density at radius 2 is 1.92 bits per heavy atom. The maximum Gasteiger partial charge on any atom is 0.387 e. The third-order valence-electron chi connectivity index (χ3n) is 3.09. The van der Waals surface area contributed by atoms with E-state index in [1.165, 1.54) is 18.2 Å². The third kappa shape index (κ3) is 5.09. The van der Waals surface area contributed by atoms with Gasteiger partial charge in [0.05, 0.1) is 5.02 Å². The van der Waals surface area contributed by atoms with Gasteiger partial charge >= 0.3 is 6.61 Å². The largest absolute Gasteiger partial charge is 0.481 e. The molecular weight excluding hydrogens is 340 g/mol. The van der Waals surface area contributed by atoms with E-state index in [4.69, 9.17) is 16.3 Å². The van der Waals surface area contributed by atoms with Crippen LogP contribution in [-0.2, 0) is 4.79 Å². The summed E-state index contributed by atoms with van der Waals surface area (Å²) in [5.41, 5.74) is 1.37. The Kier molecular flexibility index (Phi) is 5.98. The molecule has 24 heavy (non-hydrogen) atoms. The van der Waals surface area contributed by atoms with Gasteiger partial charge in [0.15, 0.2) is 6.10 Å². The fourth-order valence-electron chi connectivity index (χ4n) is 1.96. The monoisotopic (exact) mass is 355 g/mol. The van der Waals surface area contributed by atoms with Crippen molar-refractivity contribution in [2.24, 2.45) is 0 Å². The lowest BCUT2D eigenvalue weighted by atomic mass is 10.2. The summed E-state index contributed by atoms with van der Waals surface area (Å²) in [6.07, 6.45) is -0.748. The molecule has 0 aliphatic heterocycles. The van der Waals surface area contributed by atoms with E-state index in [-0.39, 0.29) is 10.8 Å². The number of carbonyl (C=O) groups is 1. The lowest BCUT2D eigenvalue weighted by Gasteiger charge is -2.15. The highest BCUT2D eigenvalue weighted by Gasteiger charge is 2.16. The van der Waals surface area contributed by atoms with Crippen LogP contribution in [0.15, 0.2) is 42.5 Å². The minimum Gasteiger partial charge on any atom is -0.481 e. The Labute approximate surface area is 143 Å². The highest BCUT2D eigenvalue weighted by Crippen LogP contribution is 2.29. The normalized spacial score (nSPS) is 11.9. The molecular formula is C17H16ClF2NO3. The molecule has 0 saturated carbocycles. The maximum absolute atomic E-state index is 12.2. The molecule has 0 spiro atoms. The van der Waals surface area contributed by atoms with Crippen LogP contribution in [-0.4, -0.2) is 18.6 Å². The van der Waals surface area contributed by atoms with Crippen LogP contribution in [0.2, 0.25) is 5.02 Å². The Morgan fingerprint density at radius 1 is 1.17 bits per heavy atom. The summed E-state index contributed by atoms with van der Waals surface area (Å²) < 4.78 is 34.2. The van der Waals surface area contributed by atoms with Crippen molar-refractivity contribution in [3.05, 3.63) is 53.1 Å². The van der Waals surface area contributed by atoms with Gasteiger partial charge in [-0.05, 0) is 49.7 Å². The first-order chi connectivity index (χ1) is 11.3. The number of anilines is 1. The van der Waals surface area contributed by atoms with E-state index in [1.807, 2.05) is 25.1 Å². The number of ether oxygens (including phenoxy) is 2. The van der Waals surface area contributed by atoms with Gasteiger partial charge in [0.1, 0.15) is 11.5 Å². The Balaban J connectivity index is 1.99. The van der Waals surface area contributed by atoms with Crippen LogP contribution in [0.5, 0.6) is 11.5 Å². The fraction of sp³-hybridized carbons (Fsp3) is 0.235. The summed E-state index contributed by atoms with van der Waals surface area (Å²) in [7, 11) is 0. The third-order valence-corrected chi connectivity index (χ3v) is 3.38. The minimum absolute atomic E-state index is 0.0274. The first-order valence-electron chi connectivity index (χ1n) is 7.13. The van der Waals surface area contributed by atoms with Gasteiger partial charge < -0.3 is 14.8 Å². The molecule has 2 aromatic rings. The average molecular weight is 356 g/mol. The summed E-state index contributed by atoms with van der Waals surface area (Å²) in [4.78, 5) is 12.1. The topological polar surface area (TPSA) is 47.6 Å². The van der Waals surface area contributed by atoms with E-state index in [0.29, 0.717) is 11.4 Å². The lowest BCUT2D eigenvalue weighted by molar-refractivity contribution is -0.122. The summed E-state index contributed by atoms with van der Waals surface area (Å²) in [5.74, 6) is 0.0280. The molecule has 0 bridgehead atoms. The number of carbonyl (C=O) groups excluding carboxylic acids is 1. The van der Waals surface area contributed by atoms with Gasteiger partial charge in [0.2, 0.25) is 0 Å². The number of halogens is 3. The quantitative estimate of drug-likeness (QED) is 0.820. The number of rotatable bonds is 6. The van der Waals surface area contributed by atoms with E-state index in [1.54, 1.807) is 13.0 Å². The number of alkyl halides is 2. The van der Waals surface area contributed by atoms with Crippen molar-refractivity contribution in [1.82, 2.24) is 0 Å². The molecule has 0 aromatic heterocycles. The number of hydrogen-bond acceptors (Lipinski definition) is 3. The van der Waals surface area contributed by atoms with E-state index in [0.717, 1.165) is 5.56 Å². The molecule has 1 N–H and O–H groups in total. The number of hydrogen-bond donors (Lipinski definition) is 1. The average Bonchev–Trinajstić information content (AvgIpc) is 2.49. The van der Waals surface area contributed by atoms with Crippen molar-refractivity contribution in [1.29, 1.82) is 0 Å². The molecule has 0 aliphatic carbocycles. The zero-order valence-electron chi connectivity index (χ0n) is 13.1.